The van der Waals surface area contributed by atoms with Gasteiger partial charge in [-0.2, -0.15) is 0 Å². The maximum Gasteiger partial charge on any atom is 0.408 e. The Kier molecular flexibility index (Phi) is 9.59. The average molecular weight is 473 g/mol. The molecule has 0 spiro atoms. The number of methoxy groups -OCH3 is 1. The van der Waals surface area contributed by atoms with Crippen molar-refractivity contribution in [3.63, 3.8) is 0 Å². The first-order valence-electron chi connectivity index (χ1n) is 11.1. The summed E-state index contributed by atoms with van der Waals surface area (Å²) in [6.45, 7) is 11.1. The maximum atomic E-state index is 14.1. The van der Waals surface area contributed by atoms with Gasteiger partial charge in [0, 0.05) is 29.6 Å². The summed E-state index contributed by atoms with van der Waals surface area (Å²) in [6.07, 6.45) is 5.73. The molecule has 2 aromatic rings. The van der Waals surface area contributed by atoms with Crippen LogP contribution in [0.4, 0.5) is 9.18 Å². The molecular formula is C26H33FN2O5. The summed E-state index contributed by atoms with van der Waals surface area (Å²) in [7, 11) is 1.28. The highest BCUT2D eigenvalue weighted by atomic mass is 19.1. The van der Waals surface area contributed by atoms with Gasteiger partial charge in [0.05, 0.1) is 26.2 Å². The van der Waals surface area contributed by atoms with Crippen LogP contribution in [0.5, 0.6) is 5.75 Å². The van der Waals surface area contributed by atoms with Crippen molar-refractivity contribution in [1.82, 2.24) is 10.3 Å². The molecule has 1 aromatic carbocycles. The highest BCUT2D eigenvalue weighted by Gasteiger charge is 2.24. The molecule has 0 bridgehead atoms. The molecule has 1 aromatic heterocycles. The van der Waals surface area contributed by atoms with E-state index in [1.807, 2.05) is 0 Å². The Labute approximate surface area is 200 Å². The number of aromatic nitrogens is 1. The van der Waals surface area contributed by atoms with Gasteiger partial charge in [0.2, 0.25) is 0 Å². The molecule has 8 heteroatoms. The predicted molar refractivity (Wildman–Crippen MR) is 128 cm³/mol. The summed E-state index contributed by atoms with van der Waals surface area (Å²) in [5.74, 6) is -0.514. The second-order valence-electron chi connectivity index (χ2n) is 8.86. The Morgan fingerprint density at radius 1 is 1.24 bits per heavy atom. The lowest BCUT2D eigenvalue weighted by molar-refractivity contribution is -0.141. The van der Waals surface area contributed by atoms with Crippen LogP contribution < -0.4 is 10.1 Å². The van der Waals surface area contributed by atoms with Crippen LogP contribution in [-0.4, -0.2) is 36.4 Å². The van der Waals surface area contributed by atoms with Crippen LogP contribution >= 0.6 is 0 Å². The minimum atomic E-state index is -0.743. The Morgan fingerprint density at radius 3 is 2.62 bits per heavy atom. The van der Waals surface area contributed by atoms with Gasteiger partial charge in [-0.05, 0) is 63.8 Å². The van der Waals surface area contributed by atoms with E-state index in [1.165, 1.54) is 19.2 Å². The molecule has 7 nitrogen and oxygen atoms in total. The number of alkyl carbamates (subject to hydrolysis) is 1. The standard InChI is InChI=1S/C26H33FN2O5/c1-7-8-9-10-33-22-13-20(27)11-17(2)24(22)19-12-18(15-28-16-19)21(14-23(30)32-6)29-25(31)34-26(3,4)5/h7,11-13,15-16,21H,1,8-10,14H2,2-6H3,(H,29,31). The third kappa shape index (κ3) is 8.17. The van der Waals surface area contributed by atoms with Crippen molar-refractivity contribution in [2.24, 2.45) is 0 Å². The first-order valence-corrected chi connectivity index (χ1v) is 11.1. The second kappa shape index (κ2) is 12.2. The number of aryl methyl sites for hydroxylation is 1. The zero-order valence-electron chi connectivity index (χ0n) is 20.4. The third-order valence-corrected chi connectivity index (χ3v) is 4.81. The smallest absolute Gasteiger partial charge is 0.408 e. The van der Waals surface area contributed by atoms with E-state index in [-0.39, 0.29) is 6.42 Å². The number of hydrogen-bond donors (Lipinski definition) is 1. The van der Waals surface area contributed by atoms with Crippen LogP contribution in [-0.2, 0) is 14.3 Å². The molecule has 1 unspecified atom stereocenters. The van der Waals surface area contributed by atoms with Crippen LogP contribution in [0.2, 0.25) is 0 Å². The van der Waals surface area contributed by atoms with E-state index in [1.54, 1.807) is 52.2 Å². The molecule has 2 rings (SSSR count). The van der Waals surface area contributed by atoms with Crippen molar-refractivity contribution in [3.8, 4) is 16.9 Å². The number of amides is 1. The SMILES string of the molecule is C=CCCCOc1cc(F)cc(C)c1-c1cncc(C(CC(=O)OC)NC(=O)OC(C)(C)C)c1. The summed E-state index contributed by atoms with van der Waals surface area (Å²) in [6, 6.07) is 3.80. The van der Waals surface area contributed by atoms with Gasteiger partial charge in [-0.3, -0.25) is 9.78 Å². The van der Waals surface area contributed by atoms with Crippen molar-refractivity contribution in [3.05, 3.63) is 60.2 Å². The molecular weight excluding hydrogens is 439 g/mol. The summed E-state index contributed by atoms with van der Waals surface area (Å²) in [5, 5.41) is 2.72. The van der Waals surface area contributed by atoms with Crippen LogP contribution in [0.25, 0.3) is 11.1 Å². The lowest BCUT2D eigenvalue weighted by Crippen LogP contribution is -2.36. The molecule has 1 N–H and O–H groups in total. The Bertz CT molecular complexity index is 1020. The topological polar surface area (TPSA) is 86.8 Å². The largest absolute Gasteiger partial charge is 0.493 e. The minimum Gasteiger partial charge on any atom is -0.493 e. The molecule has 0 fully saturated rings. The molecule has 0 aliphatic rings. The number of unbranched alkanes of at least 4 members (excludes halogenated alkanes) is 1. The zero-order chi connectivity index (χ0) is 25.3. The number of carbonyl (C=O) groups excluding carboxylic acids is 2. The molecule has 184 valence electrons. The quantitative estimate of drug-likeness (QED) is 0.272. The second-order valence-corrected chi connectivity index (χ2v) is 8.86. The van der Waals surface area contributed by atoms with Crippen molar-refractivity contribution < 1.29 is 28.2 Å². The molecule has 1 atom stereocenters. The molecule has 0 saturated carbocycles. The van der Waals surface area contributed by atoms with E-state index >= 15 is 0 Å². The number of allylic oxidation sites excluding steroid dienone is 1. The van der Waals surface area contributed by atoms with Crippen molar-refractivity contribution in [1.29, 1.82) is 0 Å². The molecule has 0 saturated heterocycles. The Balaban J connectivity index is 2.42. The molecule has 0 radical (unpaired) electrons. The van der Waals surface area contributed by atoms with Gasteiger partial charge in [-0.1, -0.05) is 6.08 Å². The van der Waals surface area contributed by atoms with Crippen LogP contribution in [0.3, 0.4) is 0 Å². The normalized spacial score (nSPS) is 11.9. The summed E-state index contributed by atoms with van der Waals surface area (Å²) >= 11 is 0. The number of rotatable bonds is 10. The molecule has 1 amide bonds. The first-order chi connectivity index (χ1) is 16.0. The van der Waals surface area contributed by atoms with Crippen molar-refractivity contribution in [2.45, 2.75) is 58.6 Å². The highest BCUT2D eigenvalue weighted by Crippen LogP contribution is 2.35. The number of esters is 1. The van der Waals surface area contributed by atoms with Gasteiger partial charge in [-0.15, -0.1) is 6.58 Å². The Morgan fingerprint density at radius 2 is 1.97 bits per heavy atom. The lowest BCUT2D eigenvalue weighted by Gasteiger charge is -2.24. The number of nitrogens with one attached hydrogen (secondary N) is 1. The van der Waals surface area contributed by atoms with Gasteiger partial charge in [0.25, 0.3) is 0 Å². The summed E-state index contributed by atoms with van der Waals surface area (Å²) < 4.78 is 30.2. The zero-order valence-corrected chi connectivity index (χ0v) is 20.4. The number of benzene rings is 1. The lowest BCUT2D eigenvalue weighted by atomic mass is 9.97. The first kappa shape index (κ1) is 26.8. The van der Waals surface area contributed by atoms with E-state index < -0.39 is 29.5 Å². The van der Waals surface area contributed by atoms with Gasteiger partial charge in [0.1, 0.15) is 17.2 Å². The van der Waals surface area contributed by atoms with E-state index in [0.717, 1.165) is 12.8 Å². The van der Waals surface area contributed by atoms with Gasteiger partial charge >= 0.3 is 12.1 Å². The molecule has 0 aliphatic carbocycles. The van der Waals surface area contributed by atoms with Crippen LogP contribution in [0, 0.1) is 12.7 Å². The van der Waals surface area contributed by atoms with Crippen molar-refractivity contribution in [2.75, 3.05) is 13.7 Å². The summed E-state index contributed by atoms with van der Waals surface area (Å²) in [4.78, 5) is 28.7. The number of carbonyl (C=O) groups is 2. The number of pyridine rings is 1. The van der Waals surface area contributed by atoms with Gasteiger partial charge in [0.15, 0.2) is 0 Å². The van der Waals surface area contributed by atoms with E-state index in [2.05, 4.69) is 16.9 Å². The van der Waals surface area contributed by atoms with E-state index in [4.69, 9.17) is 14.2 Å². The monoisotopic (exact) mass is 472 g/mol. The van der Waals surface area contributed by atoms with E-state index in [0.29, 0.717) is 34.6 Å². The number of halogens is 1. The fourth-order valence-corrected chi connectivity index (χ4v) is 3.34. The number of ether oxygens (including phenoxy) is 3. The van der Waals surface area contributed by atoms with Crippen LogP contribution in [0.1, 0.15) is 57.2 Å². The maximum absolute atomic E-state index is 14.1. The fourth-order valence-electron chi connectivity index (χ4n) is 3.34. The molecule has 0 aliphatic heterocycles. The van der Waals surface area contributed by atoms with Crippen LogP contribution in [0.15, 0.2) is 43.2 Å². The van der Waals surface area contributed by atoms with E-state index in [9.17, 15) is 14.0 Å². The predicted octanol–water partition coefficient (Wildman–Crippen LogP) is 5.67. The minimum absolute atomic E-state index is 0.117. The highest BCUT2D eigenvalue weighted by molar-refractivity contribution is 5.76. The molecule has 34 heavy (non-hydrogen) atoms. The fraction of sp³-hybridized carbons (Fsp3) is 0.423. The third-order valence-electron chi connectivity index (χ3n) is 4.81. The van der Waals surface area contributed by atoms with Crippen molar-refractivity contribution >= 4 is 12.1 Å². The average Bonchev–Trinajstić information content (AvgIpc) is 2.74. The number of hydrogen-bond acceptors (Lipinski definition) is 6. The Hall–Kier alpha value is -3.42. The number of nitrogens with zero attached hydrogens (tertiary/aromatic N) is 1. The van der Waals surface area contributed by atoms with Gasteiger partial charge < -0.3 is 19.5 Å². The molecule has 1 heterocycles. The van der Waals surface area contributed by atoms with Gasteiger partial charge in [-0.25, -0.2) is 9.18 Å². The summed E-state index contributed by atoms with van der Waals surface area (Å²) in [5.41, 5.74) is 1.87.